The predicted octanol–water partition coefficient (Wildman–Crippen LogP) is 4.15. The van der Waals surface area contributed by atoms with Crippen molar-refractivity contribution in [1.29, 1.82) is 0 Å². The minimum atomic E-state index is 0.0426. The summed E-state index contributed by atoms with van der Waals surface area (Å²) >= 11 is 0. The van der Waals surface area contributed by atoms with Crippen molar-refractivity contribution in [2.45, 2.75) is 32.9 Å². The van der Waals surface area contributed by atoms with Gasteiger partial charge in [0.05, 0.1) is 0 Å². The minimum Gasteiger partial charge on any atom is -0.486 e. The van der Waals surface area contributed by atoms with E-state index in [1.807, 2.05) is 37.3 Å². The number of benzene rings is 2. The Kier molecular flexibility index (Phi) is 4.23. The molecular weight excluding hydrogens is 234 g/mol. The van der Waals surface area contributed by atoms with Crippen LogP contribution in [0.15, 0.2) is 48.5 Å². The second-order valence-corrected chi connectivity index (χ2v) is 4.98. The van der Waals surface area contributed by atoms with Gasteiger partial charge in [-0.1, -0.05) is 42.5 Å². The maximum Gasteiger partial charge on any atom is 0.123 e. The number of aryl methyl sites for hydroxylation is 1. The van der Waals surface area contributed by atoms with Crippen LogP contribution in [0, 0.1) is 6.92 Å². The maximum absolute atomic E-state index is 6.03. The van der Waals surface area contributed by atoms with Crippen molar-refractivity contribution >= 4 is 0 Å². The molecule has 0 fully saturated rings. The van der Waals surface area contributed by atoms with Crippen LogP contribution in [0.4, 0.5) is 0 Å². The number of nitrogens with two attached hydrogens (primary N) is 1. The van der Waals surface area contributed by atoms with Crippen LogP contribution in [0.1, 0.15) is 42.7 Å². The SMILES string of the molecule is Cc1cc([C@@H](C)N)ccc1OC(C)c1ccccc1. The fraction of sp³-hybridized carbons (Fsp3) is 0.294. The highest BCUT2D eigenvalue weighted by Crippen LogP contribution is 2.26. The van der Waals surface area contributed by atoms with E-state index in [1.54, 1.807) is 0 Å². The Bertz CT molecular complexity index is 534. The van der Waals surface area contributed by atoms with Crippen molar-refractivity contribution in [3.05, 3.63) is 65.2 Å². The summed E-state index contributed by atoms with van der Waals surface area (Å²) in [6, 6.07) is 16.4. The lowest BCUT2D eigenvalue weighted by Gasteiger charge is -2.18. The van der Waals surface area contributed by atoms with E-state index in [1.165, 1.54) is 5.56 Å². The van der Waals surface area contributed by atoms with Crippen molar-refractivity contribution in [3.8, 4) is 5.75 Å². The average molecular weight is 255 g/mol. The molecule has 0 aromatic heterocycles. The molecule has 0 amide bonds. The molecule has 2 rings (SSSR count). The molecule has 2 N–H and O–H groups in total. The number of rotatable bonds is 4. The van der Waals surface area contributed by atoms with Gasteiger partial charge in [0.1, 0.15) is 11.9 Å². The summed E-state index contributed by atoms with van der Waals surface area (Å²) in [5, 5.41) is 0. The van der Waals surface area contributed by atoms with Crippen molar-refractivity contribution in [2.75, 3.05) is 0 Å². The molecule has 0 aliphatic rings. The van der Waals surface area contributed by atoms with E-state index >= 15 is 0 Å². The molecule has 0 radical (unpaired) electrons. The van der Waals surface area contributed by atoms with Crippen LogP contribution >= 0.6 is 0 Å². The molecule has 2 aromatic carbocycles. The van der Waals surface area contributed by atoms with Crippen LogP contribution in [-0.2, 0) is 0 Å². The normalized spacial score (nSPS) is 13.9. The third-order valence-electron chi connectivity index (χ3n) is 3.30. The van der Waals surface area contributed by atoms with Gasteiger partial charge in [0.15, 0.2) is 0 Å². The van der Waals surface area contributed by atoms with E-state index in [4.69, 9.17) is 10.5 Å². The number of ether oxygens (including phenoxy) is 1. The first-order valence-electron chi connectivity index (χ1n) is 6.65. The summed E-state index contributed by atoms with van der Waals surface area (Å²) in [6.07, 6.45) is 0.0426. The first-order valence-corrected chi connectivity index (χ1v) is 6.65. The third kappa shape index (κ3) is 3.36. The Hall–Kier alpha value is -1.80. The highest BCUT2D eigenvalue weighted by Gasteiger charge is 2.09. The monoisotopic (exact) mass is 255 g/mol. The smallest absolute Gasteiger partial charge is 0.123 e. The highest BCUT2D eigenvalue weighted by atomic mass is 16.5. The van der Waals surface area contributed by atoms with E-state index in [-0.39, 0.29) is 12.1 Å². The summed E-state index contributed by atoms with van der Waals surface area (Å²) in [7, 11) is 0. The van der Waals surface area contributed by atoms with Gasteiger partial charge in [-0.05, 0) is 43.5 Å². The molecular formula is C17H21NO. The van der Waals surface area contributed by atoms with Gasteiger partial charge in [-0.2, -0.15) is 0 Å². The van der Waals surface area contributed by atoms with E-state index in [0.29, 0.717) is 0 Å². The van der Waals surface area contributed by atoms with Crippen LogP contribution in [0.2, 0.25) is 0 Å². The second kappa shape index (κ2) is 5.89. The molecule has 2 aromatic rings. The Morgan fingerprint density at radius 1 is 0.947 bits per heavy atom. The van der Waals surface area contributed by atoms with Gasteiger partial charge >= 0.3 is 0 Å². The molecule has 1 unspecified atom stereocenters. The zero-order valence-electron chi connectivity index (χ0n) is 11.8. The standard InChI is InChI=1S/C17H21NO/c1-12-11-16(13(2)18)9-10-17(12)19-14(3)15-7-5-4-6-8-15/h4-11,13-14H,18H2,1-3H3/t13-,14?/m1/s1. The lowest BCUT2D eigenvalue weighted by Crippen LogP contribution is -2.07. The molecule has 2 heteroatoms. The molecule has 100 valence electrons. The summed E-state index contributed by atoms with van der Waals surface area (Å²) in [6.45, 7) is 6.11. The Balaban J connectivity index is 2.15. The number of hydrogen-bond acceptors (Lipinski definition) is 2. The minimum absolute atomic E-state index is 0.0426. The van der Waals surface area contributed by atoms with Gasteiger partial charge in [0.25, 0.3) is 0 Å². The summed E-state index contributed by atoms with van der Waals surface area (Å²) < 4.78 is 6.03. The molecule has 0 heterocycles. The van der Waals surface area contributed by atoms with Gasteiger partial charge in [-0.3, -0.25) is 0 Å². The Morgan fingerprint density at radius 2 is 1.63 bits per heavy atom. The molecule has 0 bridgehead atoms. The fourth-order valence-electron chi connectivity index (χ4n) is 2.07. The van der Waals surface area contributed by atoms with Gasteiger partial charge in [0, 0.05) is 6.04 Å². The van der Waals surface area contributed by atoms with Crippen molar-refractivity contribution in [1.82, 2.24) is 0 Å². The molecule has 0 saturated heterocycles. The lowest BCUT2D eigenvalue weighted by molar-refractivity contribution is 0.225. The predicted molar refractivity (Wildman–Crippen MR) is 79.3 cm³/mol. The van der Waals surface area contributed by atoms with E-state index in [9.17, 15) is 0 Å². The first kappa shape index (κ1) is 13.6. The largest absolute Gasteiger partial charge is 0.486 e. The van der Waals surface area contributed by atoms with Crippen LogP contribution in [0.25, 0.3) is 0 Å². The third-order valence-corrected chi connectivity index (χ3v) is 3.30. The average Bonchev–Trinajstić information content (AvgIpc) is 2.41. The molecule has 2 nitrogen and oxygen atoms in total. The summed E-state index contributed by atoms with van der Waals surface area (Å²) in [5.74, 6) is 0.917. The molecule has 0 saturated carbocycles. The summed E-state index contributed by atoms with van der Waals surface area (Å²) in [4.78, 5) is 0. The number of hydrogen-bond donors (Lipinski definition) is 1. The second-order valence-electron chi connectivity index (χ2n) is 4.98. The Morgan fingerprint density at radius 3 is 2.21 bits per heavy atom. The molecule has 0 spiro atoms. The van der Waals surface area contributed by atoms with Crippen molar-refractivity contribution < 1.29 is 4.74 Å². The molecule has 19 heavy (non-hydrogen) atoms. The van der Waals surface area contributed by atoms with Gasteiger partial charge in [-0.25, -0.2) is 0 Å². The molecule has 0 aliphatic carbocycles. The van der Waals surface area contributed by atoms with Crippen molar-refractivity contribution in [3.63, 3.8) is 0 Å². The molecule has 2 atom stereocenters. The van der Waals surface area contributed by atoms with Gasteiger partial charge in [0.2, 0.25) is 0 Å². The zero-order valence-corrected chi connectivity index (χ0v) is 11.8. The topological polar surface area (TPSA) is 35.2 Å². The van der Waals surface area contributed by atoms with Crippen LogP contribution in [0.3, 0.4) is 0 Å². The van der Waals surface area contributed by atoms with E-state index < -0.39 is 0 Å². The highest BCUT2D eigenvalue weighted by molar-refractivity contribution is 5.37. The van der Waals surface area contributed by atoms with Gasteiger partial charge < -0.3 is 10.5 Å². The quantitative estimate of drug-likeness (QED) is 0.890. The first-order chi connectivity index (χ1) is 9.08. The lowest BCUT2D eigenvalue weighted by atomic mass is 10.1. The zero-order chi connectivity index (χ0) is 13.8. The fourth-order valence-corrected chi connectivity index (χ4v) is 2.07. The van der Waals surface area contributed by atoms with Crippen LogP contribution < -0.4 is 10.5 Å². The van der Waals surface area contributed by atoms with E-state index in [0.717, 1.165) is 16.9 Å². The maximum atomic E-state index is 6.03. The Labute approximate surface area is 115 Å². The summed E-state index contributed by atoms with van der Waals surface area (Å²) in [5.41, 5.74) is 9.32. The van der Waals surface area contributed by atoms with Gasteiger partial charge in [-0.15, -0.1) is 0 Å². The van der Waals surface area contributed by atoms with Crippen LogP contribution in [-0.4, -0.2) is 0 Å². The molecule has 0 aliphatic heterocycles. The van der Waals surface area contributed by atoms with Crippen molar-refractivity contribution in [2.24, 2.45) is 5.73 Å². The van der Waals surface area contributed by atoms with E-state index in [2.05, 4.69) is 32.0 Å². The van der Waals surface area contributed by atoms with Crippen LogP contribution in [0.5, 0.6) is 5.75 Å².